The molecule has 5 heteroatoms. The van der Waals surface area contributed by atoms with Crippen molar-refractivity contribution in [3.05, 3.63) is 0 Å². The van der Waals surface area contributed by atoms with Crippen molar-refractivity contribution >= 4 is 5.97 Å². The van der Waals surface area contributed by atoms with Crippen LogP contribution < -0.4 is 5.32 Å². The quantitative estimate of drug-likeness (QED) is 0.741. The van der Waals surface area contributed by atoms with Gasteiger partial charge in [0.15, 0.2) is 0 Å². The van der Waals surface area contributed by atoms with Crippen LogP contribution in [0.3, 0.4) is 0 Å². The molecule has 2 unspecified atom stereocenters. The Balaban J connectivity index is 1.68. The van der Waals surface area contributed by atoms with E-state index in [1.165, 1.54) is 0 Å². The third-order valence-corrected chi connectivity index (χ3v) is 3.63. The zero-order chi connectivity index (χ0) is 12.8. The molecule has 0 aromatic heterocycles. The van der Waals surface area contributed by atoms with Gasteiger partial charge in [0.2, 0.25) is 0 Å². The van der Waals surface area contributed by atoms with Gasteiger partial charge in [-0.25, -0.2) is 0 Å². The molecule has 2 rings (SSSR count). The summed E-state index contributed by atoms with van der Waals surface area (Å²) in [6.45, 7) is 5.25. The van der Waals surface area contributed by atoms with Crippen molar-refractivity contribution in [2.24, 2.45) is 0 Å². The molecule has 1 N–H and O–H groups in total. The highest BCUT2D eigenvalue weighted by atomic mass is 16.6. The lowest BCUT2D eigenvalue weighted by molar-refractivity contribution is -0.143. The molecule has 2 atom stereocenters. The molecule has 2 saturated heterocycles. The molecule has 0 amide bonds. The Morgan fingerprint density at radius 3 is 3.11 bits per heavy atom. The smallest absolute Gasteiger partial charge is 0.307 e. The van der Waals surface area contributed by atoms with Crippen LogP contribution >= 0.6 is 0 Å². The molecule has 0 aliphatic carbocycles. The summed E-state index contributed by atoms with van der Waals surface area (Å²) in [6.07, 6.45) is 3.41. The maximum absolute atomic E-state index is 11.2. The van der Waals surface area contributed by atoms with Crippen molar-refractivity contribution in [2.75, 3.05) is 33.0 Å². The SMILES string of the molecule is CCOC(=O)CCNC1CCOC2(CCOC2)C1. The van der Waals surface area contributed by atoms with Gasteiger partial charge in [-0.15, -0.1) is 0 Å². The molecule has 18 heavy (non-hydrogen) atoms. The van der Waals surface area contributed by atoms with Crippen molar-refractivity contribution in [1.82, 2.24) is 5.32 Å². The Kier molecular flexibility index (Phi) is 4.97. The molecule has 2 fully saturated rings. The number of hydrogen-bond acceptors (Lipinski definition) is 5. The van der Waals surface area contributed by atoms with Crippen LogP contribution in [0.4, 0.5) is 0 Å². The van der Waals surface area contributed by atoms with Crippen LogP contribution in [0.1, 0.15) is 32.6 Å². The van der Waals surface area contributed by atoms with Gasteiger partial charge in [0, 0.05) is 32.2 Å². The van der Waals surface area contributed by atoms with E-state index in [4.69, 9.17) is 14.2 Å². The van der Waals surface area contributed by atoms with Crippen LogP contribution in [0.15, 0.2) is 0 Å². The first kappa shape index (κ1) is 13.8. The van der Waals surface area contributed by atoms with Gasteiger partial charge in [-0.1, -0.05) is 0 Å². The zero-order valence-electron chi connectivity index (χ0n) is 11.1. The zero-order valence-corrected chi connectivity index (χ0v) is 11.1. The first-order valence-electron chi connectivity index (χ1n) is 6.85. The van der Waals surface area contributed by atoms with Crippen LogP contribution in [0.5, 0.6) is 0 Å². The van der Waals surface area contributed by atoms with Crippen LogP contribution in [0, 0.1) is 0 Å². The van der Waals surface area contributed by atoms with E-state index >= 15 is 0 Å². The normalized spacial score (nSPS) is 31.7. The number of carbonyl (C=O) groups is 1. The lowest BCUT2D eigenvalue weighted by Gasteiger charge is -2.37. The molecule has 0 saturated carbocycles. The minimum atomic E-state index is -0.129. The van der Waals surface area contributed by atoms with E-state index in [9.17, 15) is 4.79 Å². The summed E-state index contributed by atoms with van der Waals surface area (Å²) >= 11 is 0. The molecule has 1 spiro atoms. The van der Waals surface area contributed by atoms with E-state index in [1.807, 2.05) is 6.92 Å². The van der Waals surface area contributed by atoms with Gasteiger partial charge in [0.1, 0.15) is 0 Å². The fourth-order valence-electron chi connectivity index (χ4n) is 2.68. The second-order valence-electron chi connectivity index (χ2n) is 5.03. The van der Waals surface area contributed by atoms with E-state index in [0.717, 1.165) is 32.5 Å². The summed E-state index contributed by atoms with van der Waals surface area (Å²) in [4.78, 5) is 11.2. The van der Waals surface area contributed by atoms with Gasteiger partial charge in [-0.3, -0.25) is 4.79 Å². The van der Waals surface area contributed by atoms with Gasteiger partial charge in [0.05, 0.1) is 25.2 Å². The Labute approximate surface area is 108 Å². The number of rotatable bonds is 5. The highest BCUT2D eigenvalue weighted by Gasteiger charge is 2.40. The maximum Gasteiger partial charge on any atom is 0.307 e. The van der Waals surface area contributed by atoms with Crippen LogP contribution in [-0.4, -0.2) is 50.6 Å². The summed E-state index contributed by atoms with van der Waals surface area (Å²) in [5, 5.41) is 3.43. The minimum absolute atomic E-state index is 0.0696. The standard InChI is InChI=1S/C13H23NO4/c1-2-17-12(15)3-6-14-11-4-7-18-13(9-11)5-8-16-10-13/h11,14H,2-10H2,1H3. The second kappa shape index (κ2) is 6.50. The Morgan fingerprint density at radius 2 is 2.39 bits per heavy atom. The van der Waals surface area contributed by atoms with Crippen molar-refractivity contribution in [1.29, 1.82) is 0 Å². The largest absolute Gasteiger partial charge is 0.466 e. The monoisotopic (exact) mass is 257 g/mol. The van der Waals surface area contributed by atoms with E-state index in [0.29, 0.717) is 32.2 Å². The van der Waals surface area contributed by atoms with Crippen LogP contribution in [-0.2, 0) is 19.0 Å². The Hall–Kier alpha value is -0.650. The number of nitrogens with one attached hydrogen (secondary N) is 1. The fraction of sp³-hybridized carbons (Fsp3) is 0.923. The molecule has 5 nitrogen and oxygen atoms in total. The summed E-state index contributed by atoms with van der Waals surface area (Å²) in [5.74, 6) is -0.129. The summed E-state index contributed by atoms with van der Waals surface area (Å²) < 4.78 is 16.2. The van der Waals surface area contributed by atoms with Crippen molar-refractivity contribution in [3.63, 3.8) is 0 Å². The summed E-state index contributed by atoms with van der Waals surface area (Å²) in [6, 6.07) is 0.426. The van der Waals surface area contributed by atoms with Gasteiger partial charge in [-0.2, -0.15) is 0 Å². The summed E-state index contributed by atoms with van der Waals surface area (Å²) in [5.41, 5.74) is -0.0696. The first-order chi connectivity index (χ1) is 8.74. The van der Waals surface area contributed by atoms with E-state index in [2.05, 4.69) is 5.32 Å². The highest BCUT2D eigenvalue weighted by molar-refractivity contribution is 5.69. The molecule has 2 aliphatic heterocycles. The lowest BCUT2D eigenvalue weighted by atomic mass is 9.89. The molecule has 2 heterocycles. The molecule has 0 radical (unpaired) electrons. The molecular weight excluding hydrogens is 234 g/mol. The first-order valence-corrected chi connectivity index (χ1v) is 6.85. The fourth-order valence-corrected chi connectivity index (χ4v) is 2.68. The van der Waals surface area contributed by atoms with Crippen LogP contribution in [0.25, 0.3) is 0 Å². The topological polar surface area (TPSA) is 56.8 Å². The Morgan fingerprint density at radius 1 is 1.50 bits per heavy atom. The molecule has 0 bridgehead atoms. The second-order valence-corrected chi connectivity index (χ2v) is 5.03. The van der Waals surface area contributed by atoms with Crippen LogP contribution in [0.2, 0.25) is 0 Å². The third-order valence-electron chi connectivity index (χ3n) is 3.63. The van der Waals surface area contributed by atoms with E-state index in [1.54, 1.807) is 0 Å². The average molecular weight is 257 g/mol. The molecular formula is C13H23NO4. The van der Waals surface area contributed by atoms with E-state index in [-0.39, 0.29) is 11.6 Å². The predicted octanol–water partition coefficient (Wildman–Crippen LogP) is 0.867. The Bertz CT molecular complexity index is 276. The molecule has 104 valence electrons. The van der Waals surface area contributed by atoms with Gasteiger partial charge in [-0.05, 0) is 19.8 Å². The lowest BCUT2D eigenvalue weighted by Crippen LogP contribution is -2.47. The van der Waals surface area contributed by atoms with Crippen molar-refractivity contribution in [3.8, 4) is 0 Å². The van der Waals surface area contributed by atoms with Gasteiger partial charge >= 0.3 is 5.97 Å². The summed E-state index contributed by atoms with van der Waals surface area (Å²) in [7, 11) is 0. The molecule has 0 aromatic rings. The maximum atomic E-state index is 11.2. The average Bonchev–Trinajstić information content (AvgIpc) is 2.78. The number of carbonyl (C=O) groups excluding carboxylic acids is 1. The van der Waals surface area contributed by atoms with Crippen molar-refractivity contribution < 1.29 is 19.0 Å². The highest BCUT2D eigenvalue weighted by Crippen LogP contribution is 2.32. The molecule has 0 aromatic carbocycles. The number of hydrogen-bond donors (Lipinski definition) is 1. The van der Waals surface area contributed by atoms with E-state index < -0.39 is 0 Å². The van der Waals surface area contributed by atoms with Gasteiger partial charge in [0.25, 0.3) is 0 Å². The minimum Gasteiger partial charge on any atom is -0.466 e. The predicted molar refractivity (Wildman–Crippen MR) is 66.4 cm³/mol. The van der Waals surface area contributed by atoms with Crippen molar-refractivity contribution in [2.45, 2.75) is 44.2 Å². The van der Waals surface area contributed by atoms with Gasteiger partial charge < -0.3 is 19.5 Å². The number of esters is 1. The number of ether oxygens (including phenoxy) is 3. The third kappa shape index (κ3) is 3.67. The molecule has 2 aliphatic rings.